The summed E-state index contributed by atoms with van der Waals surface area (Å²) in [6, 6.07) is -0.0993. The Morgan fingerprint density at radius 1 is 1.37 bits per heavy atom. The molecule has 0 spiro atoms. The summed E-state index contributed by atoms with van der Waals surface area (Å²) >= 11 is 0. The Labute approximate surface area is 112 Å². The number of hydrogen-bond donors (Lipinski definition) is 2. The van der Waals surface area contributed by atoms with Gasteiger partial charge < -0.3 is 10.1 Å². The summed E-state index contributed by atoms with van der Waals surface area (Å²) in [6.07, 6.45) is 4.02. The highest BCUT2D eigenvalue weighted by atomic mass is 32.2. The summed E-state index contributed by atoms with van der Waals surface area (Å²) < 4.78 is 32.4. The average molecular weight is 286 g/mol. The summed E-state index contributed by atoms with van der Waals surface area (Å²) in [4.78, 5) is 7.89. The minimum absolute atomic E-state index is 0.0735. The number of nitrogens with one attached hydrogen (secondary N) is 2. The molecule has 0 amide bonds. The highest BCUT2D eigenvalue weighted by Gasteiger charge is 2.25. The Bertz CT molecular complexity index is 517. The number of nitrogens with zero attached hydrogens (tertiary/aromatic N) is 2. The zero-order chi connectivity index (χ0) is 13.9. The van der Waals surface area contributed by atoms with Crippen LogP contribution in [0.25, 0.3) is 0 Å². The van der Waals surface area contributed by atoms with Crippen molar-refractivity contribution in [2.24, 2.45) is 0 Å². The summed E-state index contributed by atoms with van der Waals surface area (Å²) in [5.41, 5.74) is 0. The number of hydrogen-bond acceptors (Lipinski definition) is 6. The highest BCUT2D eigenvalue weighted by Crippen LogP contribution is 2.16. The molecule has 2 N–H and O–H groups in total. The van der Waals surface area contributed by atoms with Gasteiger partial charge in [0.05, 0.1) is 18.5 Å². The van der Waals surface area contributed by atoms with Crippen LogP contribution < -0.4 is 10.0 Å². The van der Waals surface area contributed by atoms with E-state index in [2.05, 4.69) is 20.0 Å². The van der Waals surface area contributed by atoms with Crippen LogP contribution in [0.3, 0.4) is 0 Å². The molecule has 7 nitrogen and oxygen atoms in total. The van der Waals surface area contributed by atoms with E-state index < -0.39 is 10.0 Å². The second-order valence-electron chi connectivity index (χ2n) is 4.52. The van der Waals surface area contributed by atoms with Crippen LogP contribution in [0, 0.1) is 0 Å². The molecule has 0 aromatic carbocycles. The summed E-state index contributed by atoms with van der Waals surface area (Å²) in [7, 11) is -1.89. The summed E-state index contributed by atoms with van der Waals surface area (Å²) in [6.45, 7) is 2.51. The van der Waals surface area contributed by atoms with Crippen LogP contribution >= 0.6 is 0 Å². The fourth-order valence-corrected chi connectivity index (χ4v) is 3.15. The lowest BCUT2D eigenvalue weighted by atomic mass is 10.1. The van der Waals surface area contributed by atoms with E-state index in [-0.39, 0.29) is 17.0 Å². The lowest BCUT2D eigenvalue weighted by Crippen LogP contribution is -2.41. The molecule has 0 aliphatic carbocycles. The Kier molecular flexibility index (Phi) is 4.33. The van der Waals surface area contributed by atoms with E-state index in [1.165, 1.54) is 12.4 Å². The fraction of sp³-hybridized carbons (Fsp3) is 0.636. The fourth-order valence-electron chi connectivity index (χ4n) is 1.98. The first-order chi connectivity index (χ1) is 9.01. The van der Waals surface area contributed by atoms with Crippen molar-refractivity contribution in [3.63, 3.8) is 0 Å². The summed E-state index contributed by atoms with van der Waals surface area (Å²) in [5, 5.41) is 2.74. The molecule has 1 fully saturated rings. The largest absolute Gasteiger partial charge is 0.378 e. The number of sulfonamides is 1. The molecule has 2 atom stereocenters. The predicted octanol–water partition coefficient (Wildman–Crippen LogP) is 0.364. The molecule has 1 saturated heterocycles. The number of rotatable bonds is 4. The molecule has 2 unspecified atom stereocenters. The molecular weight excluding hydrogens is 268 g/mol. The number of aromatic nitrogens is 2. The molecule has 2 heterocycles. The zero-order valence-corrected chi connectivity index (χ0v) is 11.8. The first kappa shape index (κ1) is 14.2. The van der Waals surface area contributed by atoms with Crippen molar-refractivity contribution in [2.75, 3.05) is 19.0 Å². The van der Waals surface area contributed by atoms with E-state index in [0.29, 0.717) is 25.4 Å². The van der Waals surface area contributed by atoms with Gasteiger partial charge in [0.15, 0.2) is 0 Å². The molecule has 2 rings (SSSR count). The third kappa shape index (κ3) is 3.62. The maximum atomic E-state index is 12.2. The van der Waals surface area contributed by atoms with Crippen molar-refractivity contribution in [3.8, 4) is 0 Å². The second kappa shape index (κ2) is 5.81. The molecule has 1 aliphatic rings. The van der Waals surface area contributed by atoms with Gasteiger partial charge in [-0.2, -0.15) is 0 Å². The molecule has 0 radical (unpaired) electrons. The number of anilines is 1. The van der Waals surface area contributed by atoms with Crippen molar-refractivity contribution in [1.82, 2.24) is 14.7 Å². The van der Waals surface area contributed by atoms with Crippen molar-refractivity contribution in [3.05, 3.63) is 12.4 Å². The molecule has 0 bridgehead atoms. The average Bonchev–Trinajstić information content (AvgIpc) is 2.38. The maximum Gasteiger partial charge on any atom is 0.243 e. The molecule has 0 saturated carbocycles. The summed E-state index contributed by atoms with van der Waals surface area (Å²) in [5.74, 6) is 0.388. The molecule has 1 aromatic heterocycles. The highest BCUT2D eigenvalue weighted by molar-refractivity contribution is 7.89. The molecular formula is C11H18N4O3S. The van der Waals surface area contributed by atoms with Crippen LogP contribution in [0.15, 0.2) is 17.3 Å². The van der Waals surface area contributed by atoms with E-state index in [9.17, 15) is 8.42 Å². The van der Waals surface area contributed by atoms with Gasteiger partial charge in [-0.1, -0.05) is 0 Å². The Hall–Kier alpha value is -1.25. The monoisotopic (exact) mass is 286 g/mol. The first-order valence-corrected chi connectivity index (χ1v) is 7.63. The van der Waals surface area contributed by atoms with E-state index >= 15 is 0 Å². The molecule has 1 aliphatic heterocycles. The van der Waals surface area contributed by atoms with Crippen molar-refractivity contribution < 1.29 is 13.2 Å². The molecule has 1 aromatic rings. The van der Waals surface area contributed by atoms with Crippen molar-refractivity contribution >= 4 is 16.0 Å². The van der Waals surface area contributed by atoms with Crippen LogP contribution in [-0.4, -0.2) is 44.2 Å². The third-order valence-electron chi connectivity index (χ3n) is 2.97. The maximum absolute atomic E-state index is 12.2. The second-order valence-corrected chi connectivity index (χ2v) is 6.23. The lowest BCUT2D eigenvalue weighted by Gasteiger charge is -2.27. The van der Waals surface area contributed by atoms with Crippen LogP contribution in [0.4, 0.5) is 5.95 Å². The molecule has 19 heavy (non-hydrogen) atoms. The van der Waals surface area contributed by atoms with Gasteiger partial charge in [0, 0.05) is 19.7 Å². The van der Waals surface area contributed by atoms with Crippen LogP contribution in [0.5, 0.6) is 0 Å². The zero-order valence-electron chi connectivity index (χ0n) is 11.0. The Morgan fingerprint density at radius 3 is 2.63 bits per heavy atom. The van der Waals surface area contributed by atoms with Crippen LogP contribution in [-0.2, 0) is 14.8 Å². The minimum atomic E-state index is -3.57. The topological polar surface area (TPSA) is 93.2 Å². The van der Waals surface area contributed by atoms with Crippen molar-refractivity contribution in [1.29, 1.82) is 0 Å². The van der Waals surface area contributed by atoms with Crippen LogP contribution in [0.1, 0.15) is 19.8 Å². The SMILES string of the molecule is CNc1ncc(S(=O)(=O)NC2CCOC(C)C2)cn1. The Morgan fingerprint density at radius 2 is 2.05 bits per heavy atom. The number of ether oxygens (including phenoxy) is 1. The normalized spacial score (nSPS) is 24.1. The third-order valence-corrected chi connectivity index (χ3v) is 4.44. The van der Waals surface area contributed by atoms with Gasteiger partial charge in [0.25, 0.3) is 0 Å². The standard InChI is InChI=1S/C11H18N4O3S/c1-8-5-9(3-4-18-8)15-19(16,17)10-6-13-11(12-2)14-7-10/h6-9,15H,3-5H2,1-2H3,(H,12,13,14). The molecule has 8 heteroatoms. The predicted molar refractivity (Wildman–Crippen MR) is 70.3 cm³/mol. The van der Waals surface area contributed by atoms with Gasteiger partial charge in [-0.05, 0) is 19.8 Å². The first-order valence-electron chi connectivity index (χ1n) is 6.15. The Balaban J connectivity index is 2.08. The smallest absolute Gasteiger partial charge is 0.243 e. The van der Waals surface area contributed by atoms with E-state index in [1.54, 1.807) is 7.05 Å². The lowest BCUT2D eigenvalue weighted by molar-refractivity contribution is 0.0173. The van der Waals surface area contributed by atoms with Gasteiger partial charge in [0.2, 0.25) is 16.0 Å². The van der Waals surface area contributed by atoms with E-state index in [1.807, 2.05) is 6.92 Å². The van der Waals surface area contributed by atoms with Gasteiger partial charge in [-0.15, -0.1) is 0 Å². The van der Waals surface area contributed by atoms with Gasteiger partial charge in [-0.25, -0.2) is 23.1 Å². The van der Waals surface area contributed by atoms with Crippen molar-refractivity contribution in [2.45, 2.75) is 36.8 Å². The van der Waals surface area contributed by atoms with Gasteiger partial charge in [-0.3, -0.25) is 0 Å². The van der Waals surface area contributed by atoms with Crippen LogP contribution in [0.2, 0.25) is 0 Å². The van der Waals surface area contributed by atoms with E-state index in [0.717, 1.165) is 0 Å². The van der Waals surface area contributed by atoms with Gasteiger partial charge in [0.1, 0.15) is 4.90 Å². The quantitative estimate of drug-likeness (QED) is 0.830. The molecule has 106 valence electrons. The van der Waals surface area contributed by atoms with E-state index in [4.69, 9.17) is 4.74 Å². The minimum Gasteiger partial charge on any atom is -0.378 e. The van der Waals surface area contributed by atoms with Gasteiger partial charge >= 0.3 is 0 Å².